The summed E-state index contributed by atoms with van der Waals surface area (Å²) in [6.07, 6.45) is 0.148. The standard InChI is InChI=1S/C22H25FN2O3/c1-28-21-9-7-16(11-19(21)23)20(26)8-10-22(27)25-13-17(12-24)18(14-25)15-5-3-2-4-6-15/h2-7,9,11,17-18H,8,10,12-14,24H2,1H3/t17-,18+/m1/s1. The van der Waals surface area contributed by atoms with Crippen molar-refractivity contribution in [3.05, 3.63) is 65.5 Å². The van der Waals surface area contributed by atoms with Crippen LogP contribution in [0.3, 0.4) is 0 Å². The highest BCUT2D eigenvalue weighted by molar-refractivity contribution is 5.98. The van der Waals surface area contributed by atoms with Gasteiger partial charge in [-0.05, 0) is 36.2 Å². The Kier molecular flexibility index (Phi) is 6.41. The quantitative estimate of drug-likeness (QED) is 0.745. The third kappa shape index (κ3) is 4.39. The number of ketones is 1. The van der Waals surface area contributed by atoms with E-state index in [-0.39, 0.29) is 47.7 Å². The van der Waals surface area contributed by atoms with Crippen LogP contribution in [0, 0.1) is 11.7 Å². The van der Waals surface area contributed by atoms with Gasteiger partial charge in [-0.2, -0.15) is 0 Å². The molecule has 2 aromatic rings. The van der Waals surface area contributed by atoms with E-state index < -0.39 is 5.82 Å². The normalized spacial score (nSPS) is 18.9. The summed E-state index contributed by atoms with van der Waals surface area (Å²) in [7, 11) is 1.37. The van der Waals surface area contributed by atoms with Crippen molar-refractivity contribution in [3.63, 3.8) is 0 Å². The number of nitrogens with two attached hydrogens (primary N) is 1. The van der Waals surface area contributed by atoms with Crippen LogP contribution in [-0.4, -0.2) is 43.3 Å². The molecule has 0 spiro atoms. The van der Waals surface area contributed by atoms with Gasteiger partial charge < -0.3 is 15.4 Å². The van der Waals surface area contributed by atoms with E-state index in [1.807, 2.05) is 18.2 Å². The molecule has 0 aliphatic carbocycles. The minimum Gasteiger partial charge on any atom is -0.494 e. The van der Waals surface area contributed by atoms with Crippen LogP contribution in [0.25, 0.3) is 0 Å². The number of hydrogen-bond donors (Lipinski definition) is 1. The van der Waals surface area contributed by atoms with Crippen molar-refractivity contribution in [1.29, 1.82) is 0 Å². The molecule has 1 heterocycles. The van der Waals surface area contributed by atoms with Crippen LogP contribution < -0.4 is 10.5 Å². The van der Waals surface area contributed by atoms with Gasteiger partial charge in [-0.3, -0.25) is 9.59 Å². The van der Waals surface area contributed by atoms with Crippen molar-refractivity contribution in [1.82, 2.24) is 4.90 Å². The molecule has 0 bridgehead atoms. The number of hydrogen-bond acceptors (Lipinski definition) is 4. The van der Waals surface area contributed by atoms with Crippen molar-refractivity contribution in [3.8, 4) is 5.75 Å². The van der Waals surface area contributed by atoms with Gasteiger partial charge in [0.2, 0.25) is 5.91 Å². The van der Waals surface area contributed by atoms with Gasteiger partial charge >= 0.3 is 0 Å². The van der Waals surface area contributed by atoms with Gasteiger partial charge in [0.1, 0.15) is 0 Å². The summed E-state index contributed by atoms with van der Waals surface area (Å²) >= 11 is 0. The number of carbonyl (C=O) groups excluding carboxylic acids is 2. The lowest BCUT2D eigenvalue weighted by Crippen LogP contribution is -2.30. The number of nitrogens with zero attached hydrogens (tertiary/aromatic N) is 1. The first-order valence-corrected chi connectivity index (χ1v) is 9.43. The molecule has 2 N–H and O–H groups in total. The third-order valence-corrected chi connectivity index (χ3v) is 5.36. The van der Waals surface area contributed by atoms with Gasteiger partial charge in [0, 0.05) is 37.4 Å². The number of ether oxygens (including phenoxy) is 1. The minimum absolute atomic E-state index is 0.0460. The molecular weight excluding hydrogens is 359 g/mol. The molecule has 1 amide bonds. The lowest BCUT2D eigenvalue weighted by atomic mass is 9.89. The number of benzene rings is 2. The zero-order valence-corrected chi connectivity index (χ0v) is 15.9. The Hall–Kier alpha value is -2.73. The van der Waals surface area contributed by atoms with E-state index in [0.29, 0.717) is 19.6 Å². The molecule has 0 radical (unpaired) electrons. The maximum absolute atomic E-state index is 13.8. The van der Waals surface area contributed by atoms with Crippen molar-refractivity contribution in [2.24, 2.45) is 11.7 Å². The van der Waals surface area contributed by atoms with E-state index in [9.17, 15) is 14.0 Å². The predicted molar refractivity (Wildman–Crippen MR) is 105 cm³/mol. The van der Waals surface area contributed by atoms with E-state index in [1.54, 1.807) is 4.90 Å². The summed E-state index contributed by atoms with van der Waals surface area (Å²) in [6.45, 7) is 1.71. The first-order valence-electron chi connectivity index (χ1n) is 9.43. The second-order valence-electron chi connectivity index (χ2n) is 7.08. The first kappa shape index (κ1) is 20.0. The predicted octanol–water partition coefficient (Wildman–Crippen LogP) is 3.00. The topological polar surface area (TPSA) is 72.6 Å². The fraction of sp³-hybridized carbons (Fsp3) is 0.364. The van der Waals surface area contributed by atoms with Gasteiger partial charge in [-0.1, -0.05) is 30.3 Å². The SMILES string of the molecule is COc1ccc(C(=O)CCC(=O)N2C[C@@H](CN)[C@H](c3ccccc3)C2)cc1F. The van der Waals surface area contributed by atoms with Crippen LogP contribution >= 0.6 is 0 Å². The first-order chi connectivity index (χ1) is 13.5. The summed E-state index contributed by atoms with van der Waals surface area (Å²) in [5.41, 5.74) is 7.35. The lowest BCUT2D eigenvalue weighted by molar-refractivity contribution is -0.130. The van der Waals surface area contributed by atoms with E-state index in [2.05, 4.69) is 12.1 Å². The Bertz CT molecular complexity index is 841. The van der Waals surface area contributed by atoms with Crippen molar-refractivity contribution < 1.29 is 18.7 Å². The largest absolute Gasteiger partial charge is 0.494 e. The van der Waals surface area contributed by atoms with Crippen molar-refractivity contribution >= 4 is 11.7 Å². The summed E-state index contributed by atoms with van der Waals surface area (Å²) in [5, 5.41) is 0. The molecule has 28 heavy (non-hydrogen) atoms. The van der Waals surface area contributed by atoms with E-state index >= 15 is 0 Å². The molecule has 3 rings (SSSR count). The Morgan fingerprint density at radius 2 is 1.89 bits per heavy atom. The number of rotatable bonds is 7. The Balaban J connectivity index is 1.59. The molecule has 6 heteroatoms. The summed E-state index contributed by atoms with van der Waals surface area (Å²) < 4.78 is 18.6. The van der Waals surface area contributed by atoms with Crippen LogP contribution in [0.4, 0.5) is 4.39 Å². The molecule has 0 aromatic heterocycles. The van der Waals surface area contributed by atoms with Crippen molar-refractivity contribution in [2.75, 3.05) is 26.7 Å². The molecular formula is C22H25FN2O3. The van der Waals surface area contributed by atoms with E-state index in [0.717, 1.165) is 6.07 Å². The molecule has 5 nitrogen and oxygen atoms in total. The zero-order chi connectivity index (χ0) is 20.1. The number of amides is 1. The van der Waals surface area contributed by atoms with Crippen LogP contribution in [-0.2, 0) is 4.79 Å². The van der Waals surface area contributed by atoms with Crippen LogP contribution in [0.5, 0.6) is 5.75 Å². The molecule has 1 aliphatic rings. The van der Waals surface area contributed by atoms with Crippen LogP contribution in [0.1, 0.15) is 34.7 Å². The number of methoxy groups -OCH3 is 1. The number of Topliss-reactive ketones (excluding diaryl/α,β-unsaturated/α-hetero) is 1. The molecule has 1 aliphatic heterocycles. The average Bonchev–Trinajstić information content (AvgIpc) is 3.17. The van der Waals surface area contributed by atoms with Crippen LogP contribution in [0.15, 0.2) is 48.5 Å². The van der Waals surface area contributed by atoms with E-state index in [4.69, 9.17) is 10.5 Å². The minimum atomic E-state index is -0.587. The van der Waals surface area contributed by atoms with Gasteiger partial charge in [-0.25, -0.2) is 4.39 Å². The number of carbonyl (C=O) groups is 2. The van der Waals surface area contributed by atoms with E-state index in [1.165, 1.54) is 24.8 Å². The highest BCUT2D eigenvalue weighted by atomic mass is 19.1. The number of halogens is 1. The lowest BCUT2D eigenvalue weighted by Gasteiger charge is -2.16. The van der Waals surface area contributed by atoms with Gasteiger partial charge in [0.05, 0.1) is 7.11 Å². The second-order valence-corrected chi connectivity index (χ2v) is 7.08. The Labute approximate surface area is 164 Å². The molecule has 2 aromatic carbocycles. The molecule has 1 fully saturated rings. The van der Waals surface area contributed by atoms with Crippen molar-refractivity contribution in [2.45, 2.75) is 18.8 Å². The maximum atomic E-state index is 13.8. The monoisotopic (exact) mass is 384 g/mol. The van der Waals surface area contributed by atoms with Gasteiger partial charge in [-0.15, -0.1) is 0 Å². The maximum Gasteiger partial charge on any atom is 0.223 e. The van der Waals surface area contributed by atoms with Gasteiger partial charge in [0.15, 0.2) is 17.3 Å². The summed E-state index contributed by atoms with van der Waals surface area (Å²) in [6, 6.07) is 14.1. The van der Waals surface area contributed by atoms with Crippen LogP contribution in [0.2, 0.25) is 0 Å². The smallest absolute Gasteiger partial charge is 0.223 e. The Morgan fingerprint density at radius 3 is 2.54 bits per heavy atom. The molecule has 2 atom stereocenters. The number of likely N-dealkylation sites (tertiary alicyclic amines) is 1. The molecule has 148 valence electrons. The Morgan fingerprint density at radius 1 is 1.14 bits per heavy atom. The summed E-state index contributed by atoms with van der Waals surface area (Å²) in [4.78, 5) is 26.7. The second kappa shape index (κ2) is 8.97. The fourth-order valence-electron chi connectivity index (χ4n) is 3.75. The zero-order valence-electron chi connectivity index (χ0n) is 15.9. The van der Waals surface area contributed by atoms with Gasteiger partial charge in [0.25, 0.3) is 0 Å². The molecule has 1 saturated heterocycles. The third-order valence-electron chi connectivity index (χ3n) is 5.36. The fourth-order valence-corrected chi connectivity index (χ4v) is 3.75. The average molecular weight is 384 g/mol. The molecule has 0 unspecified atom stereocenters. The highest BCUT2D eigenvalue weighted by Gasteiger charge is 2.35. The highest BCUT2D eigenvalue weighted by Crippen LogP contribution is 2.32. The molecule has 0 saturated carbocycles. The summed E-state index contributed by atoms with van der Waals surface area (Å²) in [5.74, 6) is -0.414.